The molecule has 1 aromatic rings. The Labute approximate surface area is 108 Å². The second kappa shape index (κ2) is 5.02. The largest absolute Gasteiger partial charge is 0.378 e. The Kier molecular flexibility index (Phi) is 3.83. The topological polar surface area (TPSA) is 9.23 Å². The van der Waals surface area contributed by atoms with Crippen molar-refractivity contribution in [2.75, 3.05) is 6.61 Å². The lowest BCUT2D eigenvalue weighted by atomic mass is 9.95. The van der Waals surface area contributed by atoms with Crippen molar-refractivity contribution in [2.24, 2.45) is 5.92 Å². The van der Waals surface area contributed by atoms with Crippen molar-refractivity contribution >= 4 is 15.9 Å². The molecule has 3 unspecified atom stereocenters. The van der Waals surface area contributed by atoms with Gasteiger partial charge in [-0.3, -0.25) is 0 Å². The molecule has 2 rings (SSSR count). The Hall–Kier alpha value is -0.480. The summed E-state index contributed by atoms with van der Waals surface area (Å²) in [6, 6.07) is 2.53. The summed E-state index contributed by atoms with van der Waals surface area (Å²) in [5.41, 5.74) is 0.990. The molecule has 94 valence electrons. The minimum Gasteiger partial charge on any atom is -0.378 e. The standard InChI is InChI=1S/C13H15BrF2O/c1-7-3-10(12(16)5-11(7)15)13(14)9-4-8(2)17-6-9/h3,5,8-9,13H,4,6H2,1-2H3. The van der Waals surface area contributed by atoms with E-state index >= 15 is 0 Å². The molecule has 4 heteroatoms. The molecule has 1 fully saturated rings. The number of alkyl halides is 1. The fourth-order valence-corrected chi connectivity index (χ4v) is 2.92. The van der Waals surface area contributed by atoms with Gasteiger partial charge in [0.1, 0.15) is 11.6 Å². The van der Waals surface area contributed by atoms with Gasteiger partial charge >= 0.3 is 0 Å². The van der Waals surface area contributed by atoms with Gasteiger partial charge in [0.15, 0.2) is 0 Å². The van der Waals surface area contributed by atoms with Crippen LogP contribution in [0, 0.1) is 24.5 Å². The first kappa shape index (κ1) is 13.0. The molecule has 1 heterocycles. The molecule has 3 atom stereocenters. The summed E-state index contributed by atoms with van der Waals surface area (Å²) in [6.45, 7) is 4.27. The number of benzene rings is 1. The predicted molar refractivity (Wildman–Crippen MR) is 66.3 cm³/mol. The monoisotopic (exact) mass is 304 g/mol. The lowest BCUT2D eigenvalue weighted by Crippen LogP contribution is -2.10. The minimum atomic E-state index is -0.498. The van der Waals surface area contributed by atoms with E-state index in [1.165, 1.54) is 0 Å². The SMILES string of the molecule is Cc1cc(C(Br)C2COC(C)C2)c(F)cc1F. The molecule has 1 aliphatic heterocycles. The van der Waals surface area contributed by atoms with Gasteiger partial charge in [0.2, 0.25) is 0 Å². The molecule has 0 spiro atoms. The van der Waals surface area contributed by atoms with Gasteiger partial charge in [-0.15, -0.1) is 0 Å². The van der Waals surface area contributed by atoms with E-state index in [2.05, 4.69) is 15.9 Å². The summed E-state index contributed by atoms with van der Waals surface area (Å²) in [4.78, 5) is -0.119. The third-order valence-electron chi connectivity index (χ3n) is 3.22. The Morgan fingerprint density at radius 3 is 2.65 bits per heavy atom. The molecular formula is C13H15BrF2O. The van der Waals surface area contributed by atoms with E-state index in [0.717, 1.165) is 12.5 Å². The molecule has 1 aliphatic rings. The van der Waals surface area contributed by atoms with Crippen molar-refractivity contribution in [2.45, 2.75) is 31.2 Å². The highest BCUT2D eigenvalue weighted by molar-refractivity contribution is 9.09. The minimum absolute atomic E-state index is 0.119. The van der Waals surface area contributed by atoms with Crippen LogP contribution in [0.2, 0.25) is 0 Å². The number of hydrogen-bond acceptors (Lipinski definition) is 1. The first-order valence-corrected chi connectivity index (χ1v) is 6.62. The van der Waals surface area contributed by atoms with E-state index < -0.39 is 11.6 Å². The highest BCUT2D eigenvalue weighted by Gasteiger charge is 2.30. The van der Waals surface area contributed by atoms with Crippen LogP contribution in [-0.2, 0) is 4.74 Å². The second-order valence-electron chi connectivity index (χ2n) is 4.66. The summed E-state index contributed by atoms with van der Waals surface area (Å²) in [5.74, 6) is -0.749. The quantitative estimate of drug-likeness (QED) is 0.746. The van der Waals surface area contributed by atoms with Crippen LogP contribution >= 0.6 is 15.9 Å². The van der Waals surface area contributed by atoms with Gasteiger partial charge in [0.05, 0.1) is 12.7 Å². The Bertz CT molecular complexity index is 422. The fraction of sp³-hybridized carbons (Fsp3) is 0.538. The van der Waals surface area contributed by atoms with E-state index in [1.807, 2.05) is 6.92 Å². The first-order chi connectivity index (χ1) is 7.99. The highest BCUT2D eigenvalue weighted by Crippen LogP contribution is 2.39. The molecule has 0 amide bonds. The Morgan fingerprint density at radius 2 is 2.06 bits per heavy atom. The van der Waals surface area contributed by atoms with Gasteiger partial charge in [-0.05, 0) is 31.9 Å². The van der Waals surface area contributed by atoms with Crippen LogP contribution < -0.4 is 0 Å². The second-order valence-corrected chi connectivity index (χ2v) is 5.65. The zero-order valence-corrected chi connectivity index (χ0v) is 11.4. The zero-order chi connectivity index (χ0) is 12.6. The summed E-state index contributed by atoms with van der Waals surface area (Å²) >= 11 is 3.51. The molecule has 0 aromatic heterocycles. The average Bonchev–Trinajstić information content (AvgIpc) is 2.69. The third kappa shape index (κ3) is 2.68. The average molecular weight is 305 g/mol. The van der Waals surface area contributed by atoms with E-state index in [-0.39, 0.29) is 16.8 Å². The number of aryl methyl sites for hydroxylation is 1. The smallest absolute Gasteiger partial charge is 0.130 e. The van der Waals surface area contributed by atoms with Crippen molar-refractivity contribution in [3.63, 3.8) is 0 Å². The Balaban J connectivity index is 2.24. The van der Waals surface area contributed by atoms with Crippen molar-refractivity contribution in [3.05, 3.63) is 34.9 Å². The van der Waals surface area contributed by atoms with Crippen LogP contribution in [0.15, 0.2) is 12.1 Å². The molecule has 1 nitrogen and oxygen atoms in total. The van der Waals surface area contributed by atoms with Gasteiger partial charge in [-0.2, -0.15) is 0 Å². The maximum atomic E-state index is 13.7. The van der Waals surface area contributed by atoms with E-state index in [4.69, 9.17) is 4.74 Å². The van der Waals surface area contributed by atoms with Gasteiger partial charge < -0.3 is 4.74 Å². The predicted octanol–water partition coefficient (Wildman–Crippen LogP) is 4.13. The molecule has 0 radical (unpaired) electrons. The van der Waals surface area contributed by atoms with Crippen molar-refractivity contribution in [1.29, 1.82) is 0 Å². The summed E-state index contributed by atoms with van der Waals surface area (Å²) < 4.78 is 32.4. The van der Waals surface area contributed by atoms with Crippen LogP contribution in [0.4, 0.5) is 8.78 Å². The van der Waals surface area contributed by atoms with E-state index in [9.17, 15) is 8.78 Å². The molecule has 17 heavy (non-hydrogen) atoms. The van der Waals surface area contributed by atoms with Crippen molar-refractivity contribution < 1.29 is 13.5 Å². The van der Waals surface area contributed by atoms with Crippen molar-refractivity contribution in [1.82, 2.24) is 0 Å². The normalized spacial score (nSPS) is 26.2. The molecule has 1 aromatic carbocycles. The number of halogens is 3. The molecule has 1 saturated heterocycles. The van der Waals surface area contributed by atoms with Crippen LogP contribution in [0.25, 0.3) is 0 Å². The molecule has 0 N–H and O–H groups in total. The van der Waals surface area contributed by atoms with Crippen LogP contribution in [-0.4, -0.2) is 12.7 Å². The Morgan fingerprint density at radius 1 is 1.35 bits per heavy atom. The molecule has 0 saturated carbocycles. The number of rotatable bonds is 2. The summed E-state index contributed by atoms with van der Waals surface area (Å²) in [5, 5.41) is 0. The number of hydrogen-bond donors (Lipinski definition) is 0. The van der Waals surface area contributed by atoms with E-state index in [1.54, 1.807) is 13.0 Å². The molecular weight excluding hydrogens is 290 g/mol. The van der Waals surface area contributed by atoms with Crippen molar-refractivity contribution in [3.8, 4) is 0 Å². The van der Waals surface area contributed by atoms with E-state index in [0.29, 0.717) is 17.7 Å². The lowest BCUT2D eigenvalue weighted by molar-refractivity contribution is 0.120. The maximum absolute atomic E-state index is 13.7. The molecule has 0 bridgehead atoms. The number of ether oxygens (including phenoxy) is 1. The molecule has 0 aliphatic carbocycles. The maximum Gasteiger partial charge on any atom is 0.130 e. The van der Waals surface area contributed by atoms with Gasteiger partial charge in [0, 0.05) is 22.4 Å². The lowest BCUT2D eigenvalue weighted by Gasteiger charge is -2.17. The highest BCUT2D eigenvalue weighted by atomic mass is 79.9. The van der Waals surface area contributed by atoms with Crippen LogP contribution in [0.1, 0.15) is 29.3 Å². The van der Waals surface area contributed by atoms with Gasteiger partial charge in [0.25, 0.3) is 0 Å². The zero-order valence-electron chi connectivity index (χ0n) is 9.84. The first-order valence-electron chi connectivity index (χ1n) is 5.70. The third-order valence-corrected chi connectivity index (χ3v) is 4.46. The van der Waals surface area contributed by atoms with Crippen LogP contribution in [0.3, 0.4) is 0 Å². The van der Waals surface area contributed by atoms with Gasteiger partial charge in [-0.1, -0.05) is 15.9 Å². The summed E-state index contributed by atoms with van der Waals surface area (Å²) in [6.07, 6.45) is 1.11. The fourth-order valence-electron chi connectivity index (χ4n) is 2.20. The van der Waals surface area contributed by atoms with Crippen LogP contribution in [0.5, 0.6) is 0 Å². The van der Waals surface area contributed by atoms with Gasteiger partial charge in [-0.25, -0.2) is 8.78 Å². The summed E-state index contributed by atoms with van der Waals surface area (Å²) in [7, 11) is 0.